The van der Waals surface area contributed by atoms with Crippen molar-refractivity contribution in [2.24, 2.45) is 0 Å². The molecular formula is C14H21N3O2. The molecule has 0 radical (unpaired) electrons. The van der Waals surface area contributed by atoms with Crippen molar-refractivity contribution in [2.45, 2.75) is 38.6 Å². The van der Waals surface area contributed by atoms with E-state index in [2.05, 4.69) is 15.6 Å². The minimum absolute atomic E-state index is 0.105. The molecule has 0 aromatic carbocycles. The van der Waals surface area contributed by atoms with Crippen molar-refractivity contribution in [1.29, 1.82) is 0 Å². The molecule has 1 rings (SSSR count). The van der Waals surface area contributed by atoms with E-state index in [-0.39, 0.29) is 11.8 Å². The van der Waals surface area contributed by atoms with Crippen LogP contribution in [0.25, 0.3) is 0 Å². The van der Waals surface area contributed by atoms with Gasteiger partial charge in [0, 0.05) is 25.4 Å². The van der Waals surface area contributed by atoms with Gasteiger partial charge in [0.2, 0.25) is 11.8 Å². The molecule has 1 atom stereocenters. The molecular weight excluding hydrogens is 242 g/mol. The van der Waals surface area contributed by atoms with Crippen LogP contribution in [0.4, 0.5) is 0 Å². The minimum atomic E-state index is -0.457. The highest BCUT2D eigenvalue weighted by Crippen LogP contribution is 2.05. The van der Waals surface area contributed by atoms with Gasteiger partial charge in [-0.15, -0.1) is 0 Å². The van der Waals surface area contributed by atoms with Gasteiger partial charge in [0.05, 0.1) is 0 Å². The van der Waals surface area contributed by atoms with Gasteiger partial charge in [-0.1, -0.05) is 13.0 Å². The number of likely N-dealkylation sites (N-methyl/N-ethyl adjacent to an activating group) is 1. The first-order valence-electron chi connectivity index (χ1n) is 6.58. The Labute approximate surface area is 113 Å². The molecule has 2 amide bonds. The second kappa shape index (κ2) is 8.24. The van der Waals surface area contributed by atoms with Crippen molar-refractivity contribution >= 4 is 11.8 Å². The number of rotatable bonds is 7. The topological polar surface area (TPSA) is 71.1 Å². The van der Waals surface area contributed by atoms with Crippen LogP contribution in [0.2, 0.25) is 0 Å². The van der Waals surface area contributed by atoms with Gasteiger partial charge in [-0.3, -0.25) is 14.6 Å². The van der Waals surface area contributed by atoms with Crippen LogP contribution >= 0.6 is 0 Å². The number of hydrogen-bond donors (Lipinski definition) is 2. The fourth-order valence-corrected chi connectivity index (χ4v) is 1.77. The van der Waals surface area contributed by atoms with E-state index in [9.17, 15) is 9.59 Å². The van der Waals surface area contributed by atoms with Crippen molar-refractivity contribution in [2.75, 3.05) is 7.05 Å². The summed E-state index contributed by atoms with van der Waals surface area (Å²) in [7, 11) is 1.58. The Balaban J connectivity index is 2.44. The molecule has 5 nitrogen and oxygen atoms in total. The molecule has 19 heavy (non-hydrogen) atoms. The van der Waals surface area contributed by atoms with Crippen LogP contribution in [0.5, 0.6) is 0 Å². The fraction of sp³-hybridized carbons (Fsp3) is 0.500. The number of carbonyl (C=O) groups excluding carboxylic acids is 2. The molecule has 0 spiro atoms. The number of aryl methyl sites for hydroxylation is 1. The third-order valence-corrected chi connectivity index (χ3v) is 2.87. The van der Waals surface area contributed by atoms with Gasteiger partial charge in [0.1, 0.15) is 6.04 Å². The maximum absolute atomic E-state index is 11.7. The second-order valence-corrected chi connectivity index (χ2v) is 4.30. The molecule has 1 aromatic rings. The lowest BCUT2D eigenvalue weighted by Gasteiger charge is -2.16. The van der Waals surface area contributed by atoms with Gasteiger partial charge >= 0.3 is 0 Å². The third kappa shape index (κ3) is 5.50. The summed E-state index contributed by atoms with van der Waals surface area (Å²) in [6.07, 6.45) is 4.36. The number of pyridine rings is 1. The van der Waals surface area contributed by atoms with Crippen LogP contribution < -0.4 is 10.6 Å². The molecule has 0 saturated heterocycles. The maximum Gasteiger partial charge on any atom is 0.242 e. The van der Waals surface area contributed by atoms with Crippen molar-refractivity contribution in [3.05, 3.63) is 30.1 Å². The molecule has 0 bridgehead atoms. The molecule has 0 fully saturated rings. The van der Waals surface area contributed by atoms with Crippen molar-refractivity contribution < 1.29 is 9.59 Å². The SMILES string of the molecule is CCC(=O)NC(CCCc1ccccn1)C(=O)NC. The summed E-state index contributed by atoms with van der Waals surface area (Å²) in [5.41, 5.74) is 1.000. The Morgan fingerprint density at radius 2 is 2.16 bits per heavy atom. The zero-order valence-corrected chi connectivity index (χ0v) is 11.5. The lowest BCUT2D eigenvalue weighted by atomic mass is 10.1. The summed E-state index contributed by atoms with van der Waals surface area (Å²) >= 11 is 0. The summed E-state index contributed by atoms with van der Waals surface area (Å²) in [4.78, 5) is 27.3. The van der Waals surface area contributed by atoms with Gasteiger partial charge in [0.15, 0.2) is 0 Å². The zero-order valence-electron chi connectivity index (χ0n) is 11.5. The summed E-state index contributed by atoms with van der Waals surface area (Å²) in [6.45, 7) is 1.77. The Hall–Kier alpha value is -1.91. The van der Waals surface area contributed by atoms with Crippen molar-refractivity contribution in [1.82, 2.24) is 15.6 Å². The third-order valence-electron chi connectivity index (χ3n) is 2.87. The first kappa shape index (κ1) is 15.1. The molecule has 0 saturated carbocycles. The average Bonchev–Trinajstić information content (AvgIpc) is 2.46. The van der Waals surface area contributed by atoms with E-state index in [1.165, 1.54) is 0 Å². The van der Waals surface area contributed by atoms with E-state index in [1.54, 1.807) is 20.2 Å². The van der Waals surface area contributed by atoms with Gasteiger partial charge in [0.25, 0.3) is 0 Å². The summed E-state index contributed by atoms with van der Waals surface area (Å²) in [5.74, 6) is -0.255. The standard InChI is InChI=1S/C14H21N3O2/c1-3-13(18)17-12(14(19)15-2)9-6-8-11-7-4-5-10-16-11/h4-5,7,10,12H,3,6,8-9H2,1-2H3,(H,15,19)(H,17,18). The smallest absolute Gasteiger partial charge is 0.242 e. The Bertz CT molecular complexity index is 406. The maximum atomic E-state index is 11.7. The van der Waals surface area contributed by atoms with Gasteiger partial charge in [-0.2, -0.15) is 0 Å². The fourth-order valence-electron chi connectivity index (χ4n) is 1.77. The van der Waals surface area contributed by atoms with Crippen LogP contribution in [0.3, 0.4) is 0 Å². The van der Waals surface area contributed by atoms with Gasteiger partial charge < -0.3 is 10.6 Å². The number of nitrogens with one attached hydrogen (secondary N) is 2. The van der Waals surface area contributed by atoms with Crippen LogP contribution in [-0.4, -0.2) is 29.9 Å². The highest BCUT2D eigenvalue weighted by molar-refractivity contribution is 5.87. The molecule has 104 valence electrons. The number of amides is 2. The molecule has 1 aromatic heterocycles. The molecule has 1 unspecified atom stereocenters. The first-order chi connectivity index (χ1) is 9.17. The Morgan fingerprint density at radius 1 is 1.37 bits per heavy atom. The van der Waals surface area contributed by atoms with Gasteiger partial charge in [-0.25, -0.2) is 0 Å². The summed E-state index contributed by atoms with van der Waals surface area (Å²) in [5, 5.41) is 5.31. The molecule has 2 N–H and O–H groups in total. The Morgan fingerprint density at radius 3 is 2.74 bits per heavy atom. The number of carbonyl (C=O) groups is 2. The molecule has 1 heterocycles. The lowest BCUT2D eigenvalue weighted by molar-refractivity contribution is -0.128. The predicted octanol–water partition coefficient (Wildman–Crippen LogP) is 1.05. The van der Waals surface area contributed by atoms with Gasteiger partial charge in [-0.05, 0) is 31.4 Å². The highest BCUT2D eigenvalue weighted by Gasteiger charge is 2.18. The normalized spacial score (nSPS) is 11.7. The molecule has 0 aliphatic carbocycles. The van der Waals surface area contributed by atoms with Crippen LogP contribution in [-0.2, 0) is 16.0 Å². The quantitative estimate of drug-likeness (QED) is 0.772. The summed E-state index contributed by atoms with van der Waals surface area (Å²) in [6, 6.07) is 5.32. The zero-order chi connectivity index (χ0) is 14.1. The monoisotopic (exact) mass is 263 g/mol. The molecule has 0 aliphatic heterocycles. The van der Waals surface area contributed by atoms with E-state index < -0.39 is 6.04 Å². The number of nitrogens with zero attached hydrogens (tertiary/aromatic N) is 1. The lowest BCUT2D eigenvalue weighted by Crippen LogP contribution is -2.45. The highest BCUT2D eigenvalue weighted by atomic mass is 16.2. The van der Waals surface area contributed by atoms with Crippen LogP contribution in [0.1, 0.15) is 31.9 Å². The van der Waals surface area contributed by atoms with E-state index in [0.29, 0.717) is 12.8 Å². The largest absolute Gasteiger partial charge is 0.357 e. The van der Waals surface area contributed by atoms with E-state index in [1.807, 2.05) is 18.2 Å². The number of aromatic nitrogens is 1. The number of hydrogen-bond acceptors (Lipinski definition) is 3. The average molecular weight is 263 g/mol. The van der Waals surface area contributed by atoms with Crippen molar-refractivity contribution in [3.8, 4) is 0 Å². The first-order valence-corrected chi connectivity index (χ1v) is 6.58. The van der Waals surface area contributed by atoms with E-state index >= 15 is 0 Å². The van der Waals surface area contributed by atoms with E-state index in [4.69, 9.17) is 0 Å². The van der Waals surface area contributed by atoms with E-state index in [0.717, 1.165) is 18.5 Å². The summed E-state index contributed by atoms with van der Waals surface area (Å²) < 4.78 is 0. The Kier molecular flexibility index (Phi) is 6.57. The second-order valence-electron chi connectivity index (χ2n) is 4.30. The van der Waals surface area contributed by atoms with Crippen LogP contribution in [0, 0.1) is 0 Å². The molecule has 5 heteroatoms. The van der Waals surface area contributed by atoms with Crippen molar-refractivity contribution in [3.63, 3.8) is 0 Å². The predicted molar refractivity (Wildman–Crippen MR) is 73.5 cm³/mol. The minimum Gasteiger partial charge on any atom is -0.357 e. The molecule has 0 aliphatic rings. The van der Waals surface area contributed by atoms with Crippen LogP contribution in [0.15, 0.2) is 24.4 Å².